The summed E-state index contributed by atoms with van der Waals surface area (Å²) in [5.41, 5.74) is 6.73. The number of pyridine rings is 1. The number of ether oxygens (including phenoxy) is 2. The van der Waals surface area contributed by atoms with Crippen LogP contribution in [0.1, 0.15) is 86.6 Å². The van der Waals surface area contributed by atoms with E-state index in [0.29, 0.717) is 30.3 Å². The van der Waals surface area contributed by atoms with E-state index in [-0.39, 0.29) is 12.0 Å². The first-order valence-corrected chi connectivity index (χ1v) is 16.5. The fourth-order valence-electron chi connectivity index (χ4n) is 4.38. The van der Waals surface area contributed by atoms with Crippen molar-refractivity contribution in [2.24, 2.45) is 11.3 Å². The molecular formula is C37H54F3N5O3. The molecule has 8 nitrogen and oxygen atoms in total. The summed E-state index contributed by atoms with van der Waals surface area (Å²) in [5, 5.41) is 4.37. The maximum absolute atomic E-state index is 13.3. The molecule has 0 atom stereocenters. The second-order valence-electron chi connectivity index (χ2n) is 14.1. The van der Waals surface area contributed by atoms with Crippen LogP contribution in [0.15, 0.2) is 61.3 Å². The Morgan fingerprint density at radius 3 is 2.27 bits per heavy atom. The molecule has 0 unspecified atom stereocenters. The van der Waals surface area contributed by atoms with Crippen molar-refractivity contribution < 1.29 is 27.4 Å². The monoisotopic (exact) mass is 673 g/mol. The van der Waals surface area contributed by atoms with Gasteiger partial charge in [-0.1, -0.05) is 64.0 Å². The van der Waals surface area contributed by atoms with E-state index in [1.807, 2.05) is 39.0 Å². The third-order valence-electron chi connectivity index (χ3n) is 6.95. The third-order valence-corrected chi connectivity index (χ3v) is 6.95. The number of rotatable bonds is 14. The quantitative estimate of drug-likeness (QED) is 0.135. The summed E-state index contributed by atoms with van der Waals surface area (Å²) in [5.74, 6) is 1.25. The molecule has 2 N–H and O–H groups in total. The summed E-state index contributed by atoms with van der Waals surface area (Å²) >= 11 is 0. The van der Waals surface area contributed by atoms with E-state index in [9.17, 15) is 18.0 Å². The average molecular weight is 674 g/mol. The maximum Gasteiger partial charge on any atom is 0.410 e. The van der Waals surface area contributed by atoms with Gasteiger partial charge in [0.1, 0.15) is 18.0 Å². The van der Waals surface area contributed by atoms with Crippen molar-refractivity contribution in [3.05, 3.63) is 66.9 Å². The summed E-state index contributed by atoms with van der Waals surface area (Å²) in [4.78, 5) is 18.8. The van der Waals surface area contributed by atoms with Crippen LogP contribution in [0, 0.1) is 11.3 Å². The van der Waals surface area contributed by atoms with Gasteiger partial charge in [0.25, 0.3) is 0 Å². The smallest absolute Gasteiger partial charge is 0.410 e. The number of aromatic nitrogens is 3. The normalized spacial score (nSPS) is 11.9. The molecule has 266 valence electrons. The van der Waals surface area contributed by atoms with E-state index in [1.54, 1.807) is 29.3 Å². The number of nitrogens with zero attached hydrogens (tertiary/aromatic N) is 4. The van der Waals surface area contributed by atoms with Gasteiger partial charge in [0.2, 0.25) is 5.88 Å². The Labute approximate surface area is 284 Å². The standard InChI is InChI=1S/C33H44F3N5O3.C4H10/c1-7-20-40(30(42)44-31(2,3)4)21-13-9-8-10-14-24-15-11-12-16-25(24)29-26(17-18-27(37)38-29)41-22-19-28(39-41)43-23-32(5,6)33(34,35)36;1-4(2)3/h7,11-12,15-19,22H,1,8-10,13-14,20-21,23H2,2-6H3,(H2,37,38);4H,1-3H3. The minimum absolute atomic E-state index is 0.0803. The van der Waals surface area contributed by atoms with Gasteiger partial charge in [-0.25, -0.2) is 14.5 Å². The van der Waals surface area contributed by atoms with Crippen LogP contribution in [0.25, 0.3) is 16.9 Å². The number of benzene rings is 1. The Morgan fingerprint density at radius 2 is 1.65 bits per heavy atom. The fourth-order valence-corrected chi connectivity index (χ4v) is 4.38. The highest BCUT2D eigenvalue weighted by atomic mass is 19.4. The number of nitrogen functional groups attached to an aromatic ring is 1. The second kappa shape index (κ2) is 17.9. The molecule has 48 heavy (non-hydrogen) atoms. The van der Waals surface area contributed by atoms with Crippen LogP contribution in [0.5, 0.6) is 5.88 Å². The van der Waals surface area contributed by atoms with Gasteiger partial charge in [-0.05, 0) is 77.5 Å². The van der Waals surface area contributed by atoms with Gasteiger partial charge in [-0.15, -0.1) is 11.7 Å². The summed E-state index contributed by atoms with van der Waals surface area (Å²) < 4.78 is 52.2. The number of unbranched alkanes of at least 4 members (excludes halogenated alkanes) is 3. The van der Waals surface area contributed by atoms with E-state index >= 15 is 0 Å². The van der Waals surface area contributed by atoms with Crippen LogP contribution >= 0.6 is 0 Å². The lowest BCUT2D eigenvalue weighted by Crippen LogP contribution is -2.37. The molecule has 11 heteroatoms. The highest BCUT2D eigenvalue weighted by Gasteiger charge is 2.48. The molecule has 0 spiro atoms. The maximum atomic E-state index is 13.3. The number of hydrogen-bond donors (Lipinski definition) is 1. The van der Waals surface area contributed by atoms with Gasteiger partial charge < -0.3 is 20.1 Å². The number of alkyl halides is 3. The number of carbonyl (C=O) groups excluding carboxylic acids is 1. The number of amides is 1. The summed E-state index contributed by atoms with van der Waals surface area (Å²) in [7, 11) is 0. The summed E-state index contributed by atoms with van der Waals surface area (Å²) in [6.45, 7) is 18.4. The van der Waals surface area contributed by atoms with Gasteiger partial charge in [-0.2, -0.15) is 13.2 Å². The molecule has 0 saturated heterocycles. The highest BCUT2D eigenvalue weighted by Crippen LogP contribution is 2.38. The molecule has 0 bridgehead atoms. The summed E-state index contributed by atoms with van der Waals surface area (Å²) in [6, 6.07) is 12.9. The first kappa shape index (κ1) is 40.2. The van der Waals surface area contributed by atoms with Crippen LogP contribution < -0.4 is 10.5 Å². The van der Waals surface area contributed by atoms with Crippen molar-refractivity contribution >= 4 is 11.9 Å². The Balaban J connectivity index is 0.00000189. The fraction of sp³-hybridized carbons (Fsp3) is 0.541. The van der Waals surface area contributed by atoms with Crippen LogP contribution in [-0.4, -0.2) is 57.2 Å². The molecule has 0 aliphatic rings. The zero-order chi connectivity index (χ0) is 36.1. The molecular weight excluding hydrogens is 619 g/mol. The number of anilines is 1. The van der Waals surface area contributed by atoms with Crippen LogP contribution in [0.4, 0.5) is 23.8 Å². The molecule has 2 aromatic heterocycles. The first-order valence-electron chi connectivity index (χ1n) is 16.5. The molecule has 0 radical (unpaired) electrons. The minimum atomic E-state index is -4.40. The van der Waals surface area contributed by atoms with E-state index in [4.69, 9.17) is 15.2 Å². The van der Waals surface area contributed by atoms with E-state index < -0.39 is 23.8 Å². The van der Waals surface area contributed by atoms with Crippen LogP contribution in [0.3, 0.4) is 0 Å². The van der Waals surface area contributed by atoms with Crippen molar-refractivity contribution in [2.45, 2.75) is 99.3 Å². The predicted octanol–water partition coefficient (Wildman–Crippen LogP) is 9.67. The Morgan fingerprint density at radius 1 is 1.00 bits per heavy atom. The zero-order valence-electron chi connectivity index (χ0n) is 29.9. The van der Waals surface area contributed by atoms with Gasteiger partial charge in [0.05, 0.1) is 16.8 Å². The van der Waals surface area contributed by atoms with Crippen molar-refractivity contribution in [1.29, 1.82) is 0 Å². The number of halogens is 3. The molecule has 0 aliphatic heterocycles. The van der Waals surface area contributed by atoms with Crippen LogP contribution in [0.2, 0.25) is 0 Å². The summed E-state index contributed by atoms with van der Waals surface area (Å²) in [6.07, 6.45) is 3.08. The van der Waals surface area contributed by atoms with Crippen molar-refractivity contribution in [3.63, 3.8) is 0 Å². The third kappa shape index (κ3) is 13.2. The number of aryl methyl sites for hydroxylation is 1. The largest absolute Gasteiger partial charge is 0.476 e. The predicted molar refractivity (Wildman–Crippen MR) is 187 cm³/mol. The molecule has 3 rings (SSSR count). The van der Waals surface area contributed by atoms with Gasteiger partial charge in [0, 0.05) is 30.9 Å². The van der Waals surface area contributed by atoms with E-state index in [1.165, 1.54) is 10.7 Å². The lowest BCUT2D eigenvalue weighted by molar-refractivity contribution is -0.219. The van der Waals surface area contributed by atoms with Crippen molar-refractivity contribution in [1.82, 2.24) is 19.7 Å². The Kier molecular flexibility index (Phi) is 15.0. The lowest BCUT2D eigenvalue weighted by Gasteiger charge is -2.26. The molecule has 2 heterocycles. The van der Waals surface area contributed by atoms with Gasteiger partial charge >= 0.3 is 12.3 Å². The van der Waals surface area contributed by atoms with E-state index in [0.717, 1.165) is 63.0 Å². The first-order chi connectivity index (χ1) is 22.3. The second-order valence-corrected chi connectivity index (χ2v) is 14.1. The van der Waals surface area contributed by atoms with Crippen molar-refractivity contribution in [3.8, 4) is 22.8 Å². The van der Waals surface area contributed by atoms with Gasteiger partial charge in [0.15, 0.2) is 0 Å². The van der Waals surface area contributed by atoms with Gasteiger partial charge in [-0.3, -0.25) is 0 Å². The molecule has 0 aliphatic carbocycles. The molecule has 0 saturated carbocycles. The van der Waals surface area contributed by atoms with Crippen LogP contribution in [-0.2, 0) is 11.2 Å². The van der Waals surface area contributed by atoms with E-state index in [2.05, 4.69) is 43.5 Å². The molecule has 1 aromatic carbocycles. The number of hydrogen-bond acceptors (Lipinski definition) is 6. The minimum Gasteiger partial charge on any atom is -0.476 e. The topological polar surface area (TPSA) is 95.5 Å². The number of carbonyl (C=O) groups is 1. The Hall–Kier alpha value is -4.02. The SMILES string of the molecule is C=CCN(CCCCCCc1ccccc1-c1nc(N)ccc1-n1ccc(OCC(C)(C)C(F)(F)F)n1)C(=O)OC(C)(C)C.CC(C)C. The molecule has 3 aromatic rings. The number of nitrogens with two attached hydrogens (primary N) is 1. The average Bonchev–Trinajstić information content (AvgIpc) is 3.44. The van der Waals surface area contributed by atoms with Crippen molar-refractivity contribution in [2.75, 3.05) is 25.4 Å². The molecule has 0 fully saturated rings. The molecule has 1 amide bonds. The zero-order valence-corrected chi connectivity index (χ0v) is 29.9. The highest BCUT2D eigenvalue weighted by molar-refractivity contribution is 5.73. The lowest BCUT2D eigenvalue weighted by atomic mass is 9.94. The Bertz CT molecular complexity index is 1440.